The van der Waals surface area contributed by atoms with Gasteiger partial charge in [0.1, 0.15) is 11.3 Å². The van der Waals surface area contributed by atoms with Gasteiger partial charge in [-0.2, -0.15) is 0 Å². The molecular formula is C16H20ClNO4. The van der Waals surface area contributed by atoms with Crippen molar-refractivity contribution in [3.8, 4) is 5.75 Å². The molecule has 1 aliphatic heterocycles. The van der Waals surface area contributed by atoms with E-state index in [2.05, 4.69) is 13.8 Å². The van der Waals surface area contributed by atoms with Crippen molar-refractivity contribution in [2.24, 2.45) is 11.8 Å². The minimum atomic E-state index is -0.736. The van der Waals surface area contributed by atoms with Crippen molar-refractivity contribution in [3.05, 3.63) is 28.8 Å². The average Bonchev–Trinajstić information content (AvgIpc) is 2.43. The first-order valence-corrected chi connectivity index (χ1v) is 7.68. The average molecular weight is 326 g/mol. The number of carbonyl (C=O) groups excluding carboxylic acids is 2. The summed E-state index contributed by atoms with van der Waals surface area (Å²) in [6.45, 7) is 5.27. The van der Waals surface area contributed by atoms with Gasteiger partial charge in [0.25, 0.3) is 5.91 Å². The highest BCUT2D eigenvalue weighted by Crippen LogP contribution is 2.23. The molecule has 0 bridgehead atoms. The molecule has 1 amide bonds. The smallest absolute Gasteiger partial charge is 0.342 e. The molecule has 1 fully saturated rings. The molecule has 1 aromatic rings. The lowest BCUT2D eigenvalue weighted by Crippen LogP contribution is -2.44. The number of likely N-dealkylation sites (tertiary alicyclic amines) is 1. The summed E-state index contributed by atoms with van der Waals surface area (Å²) in [5.41, 5.74) is -0.00224. The molecule has 0 saturated carbocycles. The van der Waals surface area contributed by atoms with Gasteiger partial charge in [-0.1, -0.05) is 25.4 Å². The molecule has 1 aliphatic rings. The molecular weight excluding hydrogens is 306 g/mol. The number of hydrogen-bond donors (Lipinski definition) is 1. The van der Waals surface area contributed by atoms with Gasteiger partial charge in [-0.15, -0.1) is 0 Å². The number of benzene rings is 1. The predicted octanol–water partition coefficient (Wildman–Crippen LogP) is 2.71. The van der Waals surface area contributed by atoms with Crippen molar-refractivity contribution >= 4 is 23.5 Å². The third-order valence-electron chi connectivity index (χ3n) is 3.73. The number of rotatable bonds is 3. The number of esters is 1. The number of piperidine rings is 1. The van der Waals surface area contributed by atoms with E-state index in [1.54, 1.807) is 4.90 Å². The standard InChI is InChI=1S/C16H20ClNO4/c1-10-5-11(2)8-18(7-10)15(20)9-22-16(21)13-4-3-12(17)6-14(13)19/h3-4,6,10-11,19H,5,7-9H2,1-2H3/t10-,11-/m1/s1. The Labute approximate surface area is 134 Å². The lowest BCUT2D eigenvalue weighted by molar-refractivity contribution is -0.137. The third-order valence-corrected chi connectivity index (χ3v) is 3.96. The molecule has 1 aromatic carbocycles. The fourth-order valence-electron chi connectivity index (χ4n) is 2.84. The zero-order valence-corrected chi connectivity index (χ0v) is 13.5. The van der Waals surface area contributed by atoms with Crippen LogP contribution in [0.5, 0.6) is 5.75 Å². The van der Waals surface area contributed by atoms with Crippen molar-refractivity contribution in [1.82, 2.24) is 4.90 Å². The van der Waals surface area contributed by atoms with E-state index in [1.165, 1.54) is 18.2 Å². The summed E-state index contributed by atoms with van der Waals surface area (Å²) >= 11 is 5.71. The molecule has 5 nitrogen and oxygen atoms in total. The first-order valence-electron chi connectivity index (χ1n) is 7.30. The van der Waals surface area contributed by atoms with Crippen LogP contribution in [0.3, 0.4) is 0 Å². The van der Waals surface area contributed by atoms with Crippen molar-refractivity contribution in [1.29, 1.82) is 0 Å². The molecule has 6 heteroatoms. The second kappa shape index (κ2) is 7.01. The molecule has 120 valence electrons. The second-order valence-corrected chi connectivity index (χ2v) is 6.42. The monoisotopic (exact) mass is 325 g/mol. The van der Waals surface area contributed by atoms with Crippen LogP contribution in [0.1, 0.15) is 30.6 Å². The van der Waals surface area contributed by atoms with Crippen LogP contribution in [0.2, 0.25) is 5.02 Å². The van der Waals surface area contributed by atoms with Gasteiger partial charge in [-0.05, 0) is 36.5 Å². The van der Waals surface area contributed by atoms with E-state index in [4.69, 9.17) is 16.3 Å². The number of hydrogen-bond acceptors (Lipinski definition) is 4. The summed E-state index contributed by atoms with van der Waals surface area (Å²) in [5.74, 6) is -0.307. The van der Waals surface area contributed by atoms with Crippen molar-refractivity contribution in [3.63, 3.8) is 0 Å². The summed E-state index contributed by atoms with van der Waals surface area (Å²) in [4.78, 5) is 25.8. The van der Waals surface area contributed by atoms with E-state index in [0.29, 0.717) is 29.9 Å². The Morgan fingerprint density at radius 1 is 1.32 bits per heavy atom. The van der Waals surface area contributed by atoms with Crippen LogP contribution in [0.15, 0.2) is 18.2 Å². The normalized spacial score (nSPS) is 21.5. The fraction of sp³-hybridized carbons (Fsp3) is 0.500. The Morgan fingerprint density at radius 2 is 1.95 bits per heavy atom. The highest BCUT2D eigenvalue weighted by molar-refractivity contribution is 6.30. The Balaban J connectivity index is 1.91. The summed E-state index contributed by atoms with van der Waals surface area (Å²) in [6.07, 6.45) is 1.10. The van der Waals surface area contributed by atoms with Gasteiger partial charge in [-0.25, -0.2) is 4.79 Å². The number of amides is 1. The highest BCUT2D eigenvalue weighted by Gasteiger charge is 2.26. The molecule has 22 heavy (non-hydrogen) atoms. The molecule has 2 atom stereocenters. The van der Waals surface area contributed by atoms with E-state index in [-0.39, 0.29) is 23.8 Å². The SMILES string of the molecule is C[C@@H]1C[C@@H](C)CN(C(=O)COC(=O)c2ccc(Cl)cc2O)C1. The van der Waals surface area contributed by atoms with E-state index >= 15 is 0 Å². The first kappa shape index (κ1) is 16.6. The maximum Gasteiger partial charge on any atom is 0.342 e. The van der Waals surface area contributed by atoms with E-state index < -0.39 is 5.97 Å². The van der Waals surface area contributed by atoms with Gasteiger partial charge < -0.3 is 14.7 Å². The van der Waals surface area contributed by atoms with Crippen LogP contribution < -0.4 is 0 Å². The molecule has 0 aromatic heterocycles. The Bertz CT molecular complexity index is 565. The highest BCUT2D eigenvalue weighted by atomic mass is 35.5. The van der Waals surface area contributed by atoms with E-state index in [0.717, 1.165) is 6.42 Å². The van der Waals surface area contributed by atoms with Crippen molar-refractivity contribution in [2.45, 2.75) is 20.3 Å². The van der Waals surface area contributed by atoms with Gasteiger partial charge in [0.15, 0.2) is 6.61 Å². The molecule has 0 spiro atoms. The number of phenolic OH excluding ortho intramolecular Hbond substituents is 1. The molecule has 0 aliphatic carbocycles. The zero-order chi connectivity index (χ0) is 16.3. The maximum absolute atomic E-state index is 12.1. The summed E-state index contributed by atoms with van der Waals surface area (Å²) in [6, 6.07) is 4.11. The Morgan fingerprint density at radius 3 is 2.55 bits per heavy atom. The number of carbonyl (C=O) groups is 2. The number of ether oxygens (including phenoxy) is 1. The quantitative estimate of drug-likeness (QED) is 0.868. The van der Waals surface area contributed by atoms with Crippen LogP contribution in [0, 0.1) is 11.8 Å². The van der Waals surface area contributed by atoms with Crippen molar-refractivity contribution in [2.75, 3.05) is 19.7 Å². The van der Waals surface area contributed by atoms with Gasteiger partial charge in [0, 0.05) is 18.1 Å². The molecule has 1 N–H and O–H groups in total. The van der Waals surface area contributed by atoms with Gasteiger partial charge in [0.05, 0.1) is 0 Å². The third kappa shape index (κ3) is 4.13. The van der Waals surface area contributed by atoms with Gasteiger partial charge in [0.2, 0.25) is 0 Å². The predicted molar refractivity (Wildman–Crippen MR) is 82.9 cm³/mol. The molecule has 1 heterocycles. The number of nitrogens with zero attached hydrogens (tertiary/aromatic N) is 1. The lowest BCUT2D eigenvalue weighted by atomic mass is 9.92. The Hall–Kier alpha value is -1.75. The molecule has 1 saturated heterocycles. The second-order valence-electron chi connectivity index (χ2n) is 5.98. The van der Waals surface area contributed by atoms with Crippen LogP contribution in [0.25, 0.3) is 0 Å². The number of halogens is 1. The first-order chi connectivity index (χ1) is 10.4. The number of aromatic hydroxyl groups is 1. The topological polar surface area (TPSA) is 66.8 Å². The van der Waals surface area contributed by atoms with Crippen LogP contribution in [0.4, 0.5) is 0 Å². The Kier molecular flexibility index (Phi) is 5.29. The van der Waals surface area contributed by atoms with Crippen molar-refractivity contribution < 1.29 is 19.4 Å². The summed E-state index contributed by atoms with van der Waals surface area (Å²) < 4.78 is 5.00. The number of phenols is 1. The summed E-state index contributed by atoms with van der Waals surface area (Å²) in [5, 5.41) is 9.99. The minimum Gasteiger partial charge on any atom is -0.507 e. The van der Waals surface area contributed by atoms with Crippen LogP contribution in [-0.2, 0) is 9.53 Å². The molecule has 0 unspecified atom stereocenters. The molecule has 0 radical (unpaired) electrons. The van der Waals surface area contributed by atoms with Gasteiger partial charge in [-0.3, -0.25) is 4.79 Å². The van der Waals surface area contributed by atoms with Crippen LogP contribution >= 0.6 is 11.6 Å². The molecule has 2 rings (SSSR count). The zero-order valence-electron chi connectivity index (χ0n) is 12.7. The largest absolute Gasteiger partial charge is 0.507 e. The van der Waals surface area contributed by atoms with Crippen LogP contribution in [-0.4, -0.2) is 41.6 Å². The maximum atomic E-state index is 12.1. The lowest BCUT2D eigenvalue weighted by Gasteiger charge is -2.34. The van der Waals surface area contributed by atoms with Gasteiger partial charge >= 0.3 is 5.97 Å². The van der Waals surface area contributed by atoms with E-state index in [1.807, 2.05) is 0 Å². The fourth-order valence-corrected chi connectivity index (χ4v) is 3.01. The summed E-state index contributed by atoms with van der Waals surface area (Å²) in [7, 11) is 0. The minimum absolute atomic E-state index is 0.00224. The van der Waals surface area contributed by atoms with E-state index in [9.17, 15) is 14.7 Å².